The summed E-state index contributed by atoms with van der Waals surface area (Å²) in [5, 5.41) is 5.58. The third kappa shape index (κ3) is 4.87. The molecule has 0 radical (unpaired) electrons. The van der Waals surface area contributed by atoms with Gasteiger partial charge in [-0.15, -0.1) is 11.3 Å². The van der Waals surface area contributed by atoms with Gasteiger partial charge in [0.05, 0.1) is 36.2 Å². The summed E-state index contributed by atoms with van der Waals surface area (Å²) in [6, 6.07) is 9.62. The normalized spacial score (nSPS) is 10.4. The topological polar surface area (TPSA) is 113 Å². The Balaban J connectivity index is 1.79. The Kier molecular flexibility index (Phi) is 6.53. The molecule has 0 bridgehead atoms. The maximum Gasteiger partial charge on any atom is 0.255 e. The predicted molar refractivity (Wildman–Crippen MR) is 114 cm³/mol. The molecule has 0 atom stereocenters. The van der Waals surface area contributed by atoms with Crippen LogP contribution in [0.4, 0.5) is 5.69 Å². The largest absolute Gasteiger partial charge is 0.493 e. The molecule has 2 aromatic carbocycles. The highest BCUT2D eigenvalue weighted by Gasteiger charge is 2.18. The molecular formula is C21H21N3O5S. The molecule has 0 saturated heterocycles. The molecule has 0 aliphatic heterocycles. The van der Waals surface area contributed by atoms with Gasteiger partial charge in [-0.2, -0.15) is 0 Å². The number of carbonyl (C=O) groups excluding carboxylic acids is 2. The number of aromatic nitrogens is 1. The van der Waals surface area contributed by atoms with Crippen molar-refractivity contribution in [1.82, 2.24) is 4.98 Å². The summed E-state index contributed by atoms with van der Waals surface area (Å²) in [6.07, 6.45) is 0. The number of benzene rings is 2. The average Bonchev–Trinajstić information content (AvgIpc) is 3.17. The van der Waals surface area contributed by atoms with Crippen molar-refractivity contribution in [2.75, 3.05) is 19.5 Å². The Bertz CT molecular complexity index is 1080. The SMILES string of the molecule is COc1cc(NC(=O)c2cccc(OCc3csc(C)n3)c2)c(C(N)=O)cc1OC. The van der Waals surface area contributed by atoms with Gasteiger partial charge in [0.1, 0.15) is 12.4 Å². The zero-order valence-electron chi connectivity index (χ0n) is 16.7. The van der Waals surface area contributed by atoms with Gasteiger partial charge < -0.3 is 25.3 Å². The van der Waals surface area contributed by atoms with Crippen molar-refractivity contribution in [1.29, 1.82) is 0 Å². The number of rotatable bonds is 8. The van der Waals surface area contributed by atoms with Gasteiger partial charge in [-0.1, -0.05) is 6.07 Å². The van der Waals surface area contributed by atoms with Crippen molar-refractivity contribution in [3.63, 3.8) is 0 Å². The Hall–Kier alpha value is -3.59. The molecule has 1 aromatic heterocycles. The van der Waals surface area contributed by atoms with Gasteiger partial charge in [0, 0.05) is 17.0 Å². The maximum atomic E-state index is 12.8. The zero-order chi connectivity index (χ0) is 21.7. The molecule has 0 aliphatic rings. The summed E-state index contributed by atoms with van der Waals surface area (Å²) < 4.78 is 16.2. The van der Waals surface area contributed by atoms with Crippen molar-refractivity contribution in [2.24, 2.45) is 5.73 Å². The van der Waals surface area contributed by atoms with Crippen molar-refractivity contribution in [2.45, 2.75) is 13.5 Å². The fourth-order valence-electron chi connectivity index (χ4n) is 2.74. The van der Waals surface area contributed by atoms with E-state index in [2.05, 4.69) is 10.3 Å². The molecule has 1 heterocycles. The van der Waals surface area contributed by atoms with Crippen molar-refractivity contribution in [3.05, 3.63) is 63.6 Å². The summed E-state index contributed by atoms with van der Waals surface area (Å²) in [7, 11) is 2.90. The van der Waals surface area contributed by atoms with E-state index in [9.17, 15) is 9.59 Å². The summed E-state index contributed by atoms with van der Waals surface area (Å²) in [4.78, 5) is 28.9. The lowest BCUT2D eigenvalue weighted by molar-refractivity contribution is 0.100. The van der Waals surface area contributed by atoms with Crippen LogP contribution in [0.5, 0.6) is 17.2 Å². The number of ether oxygens (including phenoxy) is 3. The molecule has 156 valence electrons. The second-order valence-electron chi connectivity index (χ2n) is 6.25. The second-order valence-corrected chi connectivity index (χ2v) is 7.31. The Morgan fingerprint density at radius 3 is 2.50 bits per heavy atom. The average molecular weight is 427 g/mol. The second kappa shape index (κ2) is 9.27. The van der Waals surface area contributed by atoms with Crippen LogP contribution in [0, 0.1) is 6.92 Å². The van der Waals surface area contributed by atoms with E-state index in [4.69, 9.17) is 19.9 Å². The van der Waals surface area contributed by atoms with Crippen LogP contribution in [0.25, 0.3) is 0 Å². The highest BCUT2D eigenvalue weighted by molar-refractivity contribution is 7.09. The minimum absolute atomic E-state index is 0.104. The van der Waals surface area contributed by atoms with Crippen LogP contribution in [0.3, 0.4) is 0 Å². The molecule has 0 saturated carbocycles. The highest BCUT2D eigenvalue weighted by atomic mass is 32.1. The lowest BCUT2D eigenvalue weighted by atomic mass is 10.1. The Morgan fingerprint density at radius 2 is 1.87 bits per heavy atom. The number of anilines is 1. The Morgan fingerprint density at radius 1 is 1.13 bits per heavy atom. The van der Waals surface area contributed by atoms with Gasteiger partial charge in [0.15, 0.2) is 11.5 Å². The maximum absolute atomic E-state index is 12.8. The van der Waals surface area contributed by atoms with Crippen LogP contribution in [0.2, 0.25) is 0 Å². The van der Waals surface area contributed by atoms with Crippen molar-refractivity contribution >= 4 is 28.8 Å². The van der Waals surface area contributed by atoms with E-state index in [1.165, 1.54) is 26.4 Å². The summed E-state index contributed by atoms with van der Waals surface area (Å²) in [6.45, 7) is 2.23. The number of nitrogens with two attached hydrogens (primary N) is 1. The molecule has 3 rings (SSSR count). The van der Waals surface area contributed by atoms with Crippen LogP contribution in [0.1, 0.15) is 31.4 Å². The first-order valence-electron chi connectivity index (χ1n) is 8.92. The van der Waals surface area contributed by atoms with Crippen LogP contribution in [0.15, 0.2) is 41.8 Å². The van der Waals surface area contributed by atoms with E-state index in [-0.39, 0.29) is 11.3 Å². The molecule has 0 fully saturated rings. The number of hydrogen-bond donors (Lipinski definition) is 2. The number of methoxy groups -OCH3 is 2. The number of nitrogens with one attached hydrogen (secondary N) is 1. The number of amides is 2. The van der Waals surface area contributed by atoms with Gasteiger partial charge in [-0.3, -0.25) is 9.59 Å². The monoisotopic (exact) mass is 427 g/mol. The molecule has 9 heteroatoms. The third-order valence-electron chi connectivity index (χ3n) is 4.19. The van der Waals surface area contributed by atoms with Crippen LogP contribution >= 0.6 is 11.3 Å². The van der Waals surface area contributed by atoms with E-state index in [0.29, 0.717) is 29.4 Å². The molecular weight excluding hydrogens is 406 g/mol. The number of aryl methyl sites for hydroxylation is 1. The third-order valence-corrected chi connectivity index (χ3v) is 5.01. The molecule has 3 aromatic rings. The van der Waals surface area contributed by atoms with Crippen LogP contribution < -0.4 is 25.3 Å². The molecule has 8 nitrogen and oxygen atoms in total. The van der Waals surface area contributed by atoms with E-state index < -0.39 is 11.8 Å². The minimum Gasteiger partial charge on any atom is -0.493 e. The van der Waals surface area contributed by atoms with Gasteiger partial charge in [0.2, 0.25) is 0 Å². The van der Waals surface area contributed by atoms with E-state index in [1.807, 2.05) is 12.3 Å². The molecule has 0 spiro atoms. The van der Waals surface area contributed by atoms with Crippen LogP contribution in [-0.2, 0) is 6.61 Å². The number of thiazole rings is 1. The van der Waals surface area contributed by atoms with Crippen molar-refractivity contribution in [3.8, 4) is 17.2 Å². The van der Waals surface area contributed by atoms with Gasteiger partial charge in [-0.05, 0) is 31.2 Å². The van der Waals surface area contributed by atoms with E-state index >= 15 is 0 Å². The summed E-state index contributed by atoms with van der Waals surface area (Å²) in [5.41, 5.74) is 6.95. The molecule has 0 unspecified atom stereocenters. The first kappa shape index (κ1) is 21.1. The summed E-state index contributed by atoms with van der Waals surface area (Å²) >= 11 is 1.55. The zero-order valence-corrected chi connectivity index (χ0v) is 17.5. The number of carbonyl (C=O) groups is 2. The van der Waals surface area contributed by atoms with E-state index in [0.717, 1.165) is 10.7 Å². The van der Waals surface area contributed by atoms with E-state index in [1.54, 1.807) is 35.6 Å². The standard InChI is InChI=1S/C21H21N3O5S/c1-12-23-14(11-30-12)10-29-15-6-4-5-13(7-15)21(26)24-17-9-19(28-3)18(27-2)8-16(17)20(22)25/h4-9,11H,10H2,1-3H3,(H2,22,25)(H,24,26). The number of primary amides is 1. The lowest BCUT2D eigenvalue weighted by Crippen LogP contribution is -2.18. The predicted octanol–water partition coefficient (Wildman–Crippen LogP) is 3.40. The van der Waals surface area contributed by atoms with Crippen molar-refractivity contribution < 1.29 is 23.8 Å². The highest BCUT2D eigenvalue weighted by Crippen LogP contribution is 2.33. The number of hydrogen-bond acceptors (Lipinski definition) is 7. The fourth-order valence-corrected chi connectivity index (χ4v) is 3.34. The quantitative estimate of drug-likeness (QED) is 0.570. The smallest absolute Gasteiger partial charge is 0.255 e. The fraction of sp³-hybridized carbons (Fsp3) is 0.190. The molecule has 2 amide bonds. The first-order chi connectivity index (χ1) is 14.4. The summed E-state index contributed by atoms with van der Waals surface area (Å²) in [5.74, 6) is 0.0720. The van der Waals surface area contributed by atoms with Gasteiger partial charge in [-0.25, -0.2) is 4.98 Å². The van der Waals surface area contributed by atoms with Gasteiger partial charge in [0.25, 0.3) is 11.8 Å². The number of nitrogens with zero attached hydrogens (tertiary/aromatic N) is 1. The minimum atomic E-state index is -0.707. The Labute approximate surface area is 177 Å². The molecule has 30 heavy (non-hydrogen) atoms. The molecule has 0 aliphatic carbocycles. The first-order valence-corrected chi connectivity index (χ1v) is 9.80. The van der Waals surface area contributed by atoms with Crippen LogP contribution in [-0.4, -0.2) is 31.0 Å². The molecule has 3 N–H and O–H groups in total. The van der Waals surface area contributed by atoms with Gasteiger partial charge >= 0.3 is 0 Å². The lowest BCUT2D eigenvalue weighted by Gasteiger charge is -2.14.